The lowest BCUT2D eigenvalue weighted by Gasteiger charge is -2.10. The summed E-state index contributed by atoms with van der Waals surface area (Å²) in [6, 6.07) is 0. The van der Waals surface area contributed by atoms with Gasteiger partial charge in [0.25, 0.3) is 0 Å². The second kappa shape index (κ2) is 5.82. The zero-order valence-corrected chi connectivity index (χ0v) is 10.1. The van der Waals surface area contributed by atoms with Crippen molar-refractivity contribution in [1.29, 1.82) is 0 Å². The molecule has 1 amide bonds. The van der Waals surface area contributed by atoms with Gasteiger partial charge in [-0.1, -0.05) is 13.8 Å². The minimum Gasteiger partial charge on any atom is -0.316 e. The fourth-order valence-electron chi connectivity index (χ4n) is 1.09. The summed E-state index contributed by atoms with van der Waals surface area (Å²) in [5.41, 5.74) is 0.939. The van der Waals surface area contributed by atoms with E-state index in [-0.39, 0.29) is 11.8 Å². The molecule has 5 heteroatoms. The van der Waals surface area contributed by atoms with Gasteiger partial charge in [0.2, 0.25) is 5.91 Å². The Labute approximate surface area is 94.1 Å². The molecular formula is C10H17N3OS. The zero-order chi connectivity index (χ0) is 11.3. The first-order valence-electron chi connectivity index (χ1n) is 5.07. The molecule has 15 heavy (non-hydrogen) atoms. The largest absolute Gasteiger partial charge is 0.316 e. The molecular weight excluding hydrogens is 210 g/mol. The van der Waals surface area contributed by atoms with E-state index in [1.165, 1.54) is 11.3 Å². The van der Waals surface area contributed by atoms with Gasteiger partial charge in [-0.3, -0.25) is 4.79 Å². The van der Waals surface area contributed by atoms with E-state index in [9.17, 15) is 4.79 Å². The summed E-state index contributed by atoms with van der Waals surface area (Å²) in [7, 11) is 0. The third-order valence-corrected chi connectivity index (χ3v) is 2.87. The molecule has 0 fully saturated rings. The number of anilines is 1. The number of amides is 1. The molecule has 0 aliphatic rings. The molecule has 0 radical (unpaired) electrons. The SMILES string of the molecule is CCNCC(C)C(=O)Nc1nc(C)cs1. The first-order valence-corrected chi connectivity index (χ1v) is 5.95. The second-order valence-corrected chi connectivity index (χ2v) is 4.35. The highest BCUT2D eigenvalue weighted by molar-refractivity contribution is 7.13. The third-order valence-electron chi connectivity index (χ3n) is 2.00. The molecule has 2 N–H and O–H groups in total. The van der Waals surface area contributed by atoms with E-state index >= 15 is 0 Å². The van der Waals surface area contributed by atoms with E-state index < -0.39 is 0 Å². The van der Waals surface area contributed by atoms with Crippen molar-refractivity contribution >= 4 is 22.4 Å². The van der Waals surface area contributed by atoms with Crippen molar-refractivity contribution in [2.75, 3.05) is 18.4 Å². The highest BCUT2D eigenvalue weighted by atomic mass is 32.1. The van der Waals surface area contributed by atoms with Crippen molar-refractivity contribution in [2.24, 2.45) is 5.92 Å². The van der Waals surface area contributed by atoms with Crippen molar-refractivity contribution in [3.63, 3.8) is 0 Å². The fraction of sp³-hybridized carbons (Fsp3) is 0.600. The average Bonchev–Trinajstić information content (AvgIpc) is 2.60. The minimum absolute atomic E-state index is 0.0188. The highest BCUT2D eigenvalue weighted by Crippen LogP contribution is 2.15. The van der Waals surface area contributed by atoms with E-state index in [1.54, 1.807) is 0 Å². The normalized spacial score (nSPS) is 12.5. The predicted molar refractivity (Wildman–Crippen MR) is 63.2 cm³/mol. The lowest BCUT2D eigenvalue weighted by Crippen LogP contribution is -2.30. The standard InChI is InChI=1S/C10H17N3OS/c1-4-11-5-7(2)9(14)13-10-12-8(3)6-15-10/h6-7,11H,4-5H2,1-3H3,(H,12,13,14). The Hall–Kier alpha value is -0.940. The molecule has 0 saturated carbocycles. The molecule has 1 heterocycles. The molecule has 0 spiro atoms. The number of rotatable bonds is 5. The Morgan fingerprint density at radius 2 is 2.40 bits per heavy atom. The predicted octanol–water partition coefficient (Wildman–Crippen LogP) is 1.64. The van der Waals surface area contributed by atoms with Gasteiger partial charge in [-0.15, -0.1) is 11.3 Å². The number of nitrogens with one attached hydrogen (secondary N) is 2. The topological polar surface area (TPSA) is 54.0 Å². The molecule has 0 saturated heterocycles. The van der Waals surface area contributed by atoms with Crippen LogP contribution in [-0.4, -0.2) is 24.0 Å². The van der Waals surface area contributed by atoms with Crippen LogP contribution in [0.25, 0.3) is 0 Å². The summed E-state index contributed by atoms with van der Waals surface area (Å²) in [6.07, 6.45) is 0. The van der Waals surface area contributed by atoms with Crippen molar-refractivity contribution in [1.82, 2.24) is 10.3 Å². The molecule has 0 bridgehead atoms. The van der Waals surface area contributed by atoms with Crippen LogP contribution in [0.4, 0.5) is 5.13 Å². The summed E-state index contributed by atoms with van der Waals surface area (Å²) >= 11 is 1.46. The number of carbonyl (C=O) groups excluding carboxylic acids is 1. The van der Waals surface area contributed by atoms with Crippen molar-refractivity contribution in [3.8, 4) is 0 Å². The molecule has 1 atom stereocenters. The van der Waals surface area contributed by atoms with Crippen LogP contribution in [0, 0.1) is 12.8 Å². The summed E-state index contributed by atoms with van der Waals surface area (Å²) in [5, 5.41) is 8.54. The molecule has 1 aromatic heterocycles. The monoisotopic (exact) mass is 227 g/mol. The highest BCUT2D eigenvalue weighted by Gasteiger charge is 2.13. The second-order valence-electron chi connectivity index (χ2n) is 3.49. The Kier molecular flexibility index (Phi) is 4.71. The Bertz CT molecular complexity index is 324. The van der Waals surface area contributed by atoms with E-state index in [2.05, 4.69) is 15.6 Å². The first kappa shape index (κ1) is 12.1. The maximum atomic E-state index is 11.6. The van der Waals surface area contributed by atoms with Crippen LogP contribution in [0.5, 0.6) is 0 Å². The van der Waals surface area contributed by atoms with Gasteiger partial charge in [0, 0.05) is 17.8 Å². The Morgan fingerprint density at radius 3 is 2.93 bits per heavy atom. The fourth-order valence-corrected chi connectivity index (χ4v) is 1.78. The van der Waals surface area contributed by atoms with E-state index in [1.807, 2.05) is 26.2 Å². The lowest BCUT2D eigenvalue weighted by molar-refractivity contribution is -0.119. The van der Waals surface area contributed by atoms with Crippen molar-refractivity contribution in [3.05, 3.63) is 11.1 Å². The number of nitrogens with zero attached hydrogens (tertiary/aromatic N) is 1. The molecule has 0 aromatic carbocycles. The van der Waals surface area contributed by atoms with E-state index in [0.717, 1.165) is 12.2 Å². The van der Waals surface area contributed by atoms with E-state index in [0.29, 0.717) is 11.7 Å². The molecule has 84 valence electrons. The van der Waals surface area contributed by atoms with Gasteiger partial charge < -0.3 is 10.6 Å². The van der Waals surface area contributed by atoms with Gasteiger partial charge >= 0.3 is 0 Å². The summed E-state index contributed by atoms with van der Waals surface area (Å²) < 4.78 is 0. The zero-order valence-electron chi connectivity index (χ0n) is 9.33. The number of hydrogen-bond donors (Lipinski definition) is 2. The number of thiazole rings is 1. The third kappa shape index (κ3) is 3.97. The lowest BCUT2D eigenvalue weighted by atomic mass is 10.1. The number of aryl methyl sites for hydroxylation is 1. The van der Waals surface area contributed by atoms with Crippen LogP contribution >= 0.6 is 11.3 Å². The molecule has 1 aromatic rings. The quantitative estimate of drug-likeness (QED) is 0.804. The average molecular weight is 227 g/mol. The van der Waals surface area contributed by atoms with E-state index in [4.69, 9.17) is 0 Å². The molecule has 0 aliphatic heterocycles. The Balaban J connectivity index is 2.41. The summed E-state index contributed by atoms with van der Waals surface area (Å²) in [4.78, 5) is 15.8. The van der Waals surface area contributed by atoms with Gasteiger partial charge in [0.15, 0.2) is 5.13 Å². The molecule has 1 rings (SSSR count). The maximum absolute atomic E-state index is 11.6. The first-order chi connectivity index (χ1) is 7.13. The van der Waals surface area contributed by atoms with Crippen molar-refractivity contribution < 1.29 is 4.79 Å². The van der Waals surface area contributed by atoms with Gasteiger partial charge in [-0.2, -0.15) is 0 Å². The smallest absolute Gasteiger partial charge is 0.230 e. The van der Waals surface area contributed by atoms with Crippen LogP contribution in [-0.2, 0) is 4.79 Å². The van der Waals surface area contributed by atoms with Gasteiger partial charge in [-0.05, 0) is 13.5 Å². The van der Waals surface area contributed by atoms with Gasteiger partial charge in [0.1, 0.15) is 0 Å². The molecule has 0 aliphatic carbocycles. The van der Waals surface area contributed by atoms with Crippen LogP contribution in [0.3, 0.4) is 0 Å². The summed E-state index contributed by atoms with van der Waals surface area (Å²) in [6.45, 7) is 7.42. The van der Waals surface area contributed by atoms with Gasteiger partial charge in [0.05, 0.1) is 5.69 Å². The number of carbonyl (C=O) groups is 1. The number of aromatic nitrogens is 1. The van der Waals surface area contributed by atoms with Crippen LogP contribution < -0.4 is 10.6 Å². The Morgan fingerprint density at radius 1 is 1.67 bits per heavy atom. The van der Waals surface area contributed by atoms with Crippen LogP contribution in [0.1, 0.15) is 19.5 Å². The summed E-state index contributed by atoms with van der Waals surface area (Å²) in [5.74, 6) is -0.0144. The molecule has 1 unspecified atom stereocenters. The minimum atomic E-state index is -0.0332. The molecule has 4 nitrogen and oxygen atoms in total. The van der Waals surface area contributed by atoms with Crippen LogP contribution in [0.2, 0.25) is 0 Å². The van der Waals surface area contributed by atoms with Gasteiger partial charge in [-0.25, -0.2) is 4.98 Å². The maximum Gasteiger partial charge on any atom is 0.230 e. The number of hydrogen-bond acceptors (Lipinski definition) is 4. The van der Waals surface area contributed by atoms with Crippen molar-refractivity contribution in [2.45, 2.75) is 20.8 Å². The van der Waals surface area contributed by atoms with Crippen LogP contribution in [0.15, 0.2) is 5.38 Å².